The van der Waals surface area contributed by atoms with Crippen LogP contribution >= 0.6 is 23.2 Å². The van der Waals surface area contributed by atoms with E-state index in [0.29, 0.717) is 31.7 Å². The number of hydrogen-bond donors (Lipinski definition) is 1. The van der Waals surface area contributed by atoms with Gasteiger partial charge >= 0.3 is 0 Å². The van der Waals surface area contributed by atoms with Gasteiger partial charge in [-0.2, -0.15) is 0 Å². The predicted molar refractivity (Wildman–Crippen MR) is 101 cm³/mol. The van der Waals surface area contributed by atoms with Gasteiger partial charge in [0.05, 0.1) is 11.1 Å². The van der Waals surface area contributed by atoms with Crippen LogP contribution in [-0.4, -0.2) is 53.7 Å². The smallest absolute Gasteiger partial charge is 0.223 e. The summed E-state index contributed by atoms with van der Waals surface area (Å²) >= 11 is 11.7. The molecule has 6 nitrogen and oxygen atoms in total. The van der Waals surface area contributed by atoms with Gasteiger partial charge in [-0.3, -0.25) is 14.4 Å². The molecular weight excluding hydrogens is 396 g/mol. The minimum absolute atomic E-state index is 0.00670. The molecule has 148 valence electrons. The highest BCUT2D eigenvalue weighted by molar-refractivity contribution is 6.35. The number of carbonyl (C=O) groups excluding carboxylic acids is 3. The number of nitrogens with one attached hydrogen (secondary N) is 1. The fraction of sp³-hybridized carbons (Fsp3) is 0.500. The molecule has 1 aliphatic heterocycles. The van der Waals surface area contributed by atoms with Crippen molar-refractivity contribution in [1.82, 2.24) is 15.1 Å². The molecule has 0 unspecified atom stereocenters. The molecule has 1 N–H and O–H groups in total. The monoisotopic (exact) mass is 417 g/mol. The fourth-order valence-electron chi connectivity index (χ4n) is 2.91. The van der Waals surface area contributed by atoms with Crippen LogP contribution in [0.15, 0.2) is 12.1 Å². The van der Waals surface area contributed by atoms with E-state index in [4.69, 9.17) is 23.2 Å². The molecular formula is C18H22Cl2FN3O3. The molecule has 9 heteroatoms. The Balaban J connectivity index is 1.81. The van der Waals surface area contributed by atoms with Gasteiger partial charge in [-0.1, -0.05) is 23.2 Å². The van der Waals surface area contributed by atoms with Crippen LogP contribution in [0.3, 0.4) is 0 Å². The molecule has 1 aliphatic rings. The van der Waals surface area contributed by atoms with E-state index in [-0.39, 0.29) is 40.6 Å². The molecule has 0 bridgehead atoms. The third-order valence-electron chi connectivity index (χ3n) is 4.53. The highest BCUT2D eigenvalue weighted by Gasteiger charge is 2.23. The van der Waals surface area contributed by atoms with Gasteiger partial charge in [0.1, 0.15) is 5.82 Å². The third-order valence-corrected chi connectivity index (χ3v) is 5.14. The highest BCUT2D eigenvalue weighted by Crippen LogP contribution is 2.28. The standard InChI is InChI=1S/C18H22Cl2FN3O3/c1-11(13-9-16(21)15(20)10-14(13)19)22-17(26)3-4-18(27)24-7-5-23(6-8-24)12(2)25/h9-11H,3-8H2,1-2H3,(H,22,26)/t11-/m1/s1. The van der Waals surface area contributed by atoms with Gasteiger partial charge in [-0.05, 0) is 24.6 Å². The first-order valence-corrected chi connectivity index (χ1v) is 9.41. The number of rotatable bonds is 5. The van der Waals surface area contributed by atoms with Crippen LogP contribution in [0.4, 0.5) is 4.39 Å². The lowest BCUT2D eigenvalue weighted by molar-refractivity contribution is -0.139. The van der Waals surface area contributed by atoms with Crippen molar-refractivity contribution < 1.29 is 18.8 Å². The fourth-order valence-corrected chi connectivity index (χ4v) is 3.46. The molecule has 2 rings (SSSR count). The van der Waals surface area contributed by atoms with E-state index in [0.717, 1.165) is 0 Å². The molecule has 1 heterocycles. The summed E-state index contributed by atoms with van der Waals surface area (Å²) in [7, 11) is 0. The summed E-state index contributed by atoms with van der Waals surface area (Å²) in [4.78, 5) is 39.0. The zero-order valence-electron chi connectivity index (χ0n) is 15.2. The van der Waals surface area contributed by atoms with Crippen molar-refractivity contribution in [1.29, 1.82) is 0 Å². The minimum atomic E-state index is -0.614. The molecule has 0 aliphatic carbocycles. The van der Waals surface area contributed by atoms with Crippen molar-refractivity contribution >= 4 is 40.9 Å². The maximum Gasteiger partial charge on any atom is 0.223 e. The lowest BCUT2D eigenvalue weighted by Crippen LogP contribution is -2.50. The average Bonchev–Trinajstić information content (AvgIpc) is 2.62. The first kappa shape index (κ1) is 21.4. The summed E-state index contributed by atoms with van der Waals surface area (Å²) in [5.41, 5.74) is 0.415. The van der Waals surface area contributed by atoms with Gasteiger partial charge in [0.2, 0.25) is 17.7 Å². The second kappa shape index (κ2) is 9.37. The Morgan fingerprint density at radius 2 is 1.67 bits per heavy atom. The Labute approximate surface area is 167 Å². The third kappa shape index (κ3) is 5.81. The molecule has 0 spiro atoms. The van der Waals surface area contributed by atoms with E-state index < -0.39 is 11.9 Å². The van der Waals surface area contributed by atoms with E-state index >= 15 is 0 Å². The van der Waals surface area contributed by atoms with E-state index in [2.05, 4.69) is 5.32 Å². The Kier molecular flexibility index (Phi) is 7.44. The topological polar surface area (TPSA) is 69.7 Å². The Morgan fingerprint density at radius 3 is 2.26 bits per heavy atom. The van der Waals surface area contributed by atoms with Crippen LogP contribution in [-0.2, 0) is 14.4 Å². The van der Waals surface area contributed by atoms with Crippen LogP contribution in [0.1, 0.15) is 38.3 Å². The first-order chi connectivity index (χ1) is 12.7. The minimum Gasteiger partial charge on any atom is -0.350 e. The number of halogens is 3. The summed E-state index contributed by atoms with van der Waals surface area (Å²) in [6.45, 7) is 5.12. The summed E-state index contributed by atoms with van der Waals surface area (Å²) in [5, 5.41) is 2.88. The van der Waals surface area contributed by atoms with E-state index in [9.17, 15) is 18.8 Å². The summed E-state index contributed by atoms with van der Waals surface area (Å²) in [6.07, 6.45) is 0.0884. The van der Waals surface area contributed by atoms with Crippen LogP contribution in [0.2, 0.25) is 10.0 Å². The Morgan fingerprint density at radius 1 is 1.07 bits per heavy atom. The SMILES string of the molecule is CC(=O)N1CCN(C(=O)CCC(=O)N[C@H](C)c2cc(F)c(Cl)cc2Cl)CC1. The summed E-state index contributed by atoms with van der Waals surface area (Å²) in [6, 6.07) is 1.96. The normalized spacial score (nSPS) is 15.4. The van der Waals surface area contributed by atoms with Crippen LogP contribution < -0.4 is 5.32 Å². The van der Waals surface area contributed by atoms with Crippen molar-refractivity contribution in [2.45, 2.75) is 32.7 Å². The molecule has 1 aromatic carbocycles. The predicted octanol–water partition coefficient (Wildman–Crippen LogP) is 2.78. The van der Waals surface area contributed by atoms with Gasteiger partial charge in [-0.15, -0.1) is 0 Å². The van der Waals surface area contributed by atoms with Crippen molar-refractivity contribution in [2.75, 3.05) is 26.2 Å². The van der Waals surface area contributed by atoms with Crippen molar-refractivity contribution in [3.8, 4) is 0 Å². The quantitative estimate of drug-likeness (QED) is 0.748. The molecule has 27 heavy (non-hydrogen) atoms. The maximum absolute atomic E-state index is 13.6. The Hall–Kier alpha value is -1.86. The number of amides is 3. The maximum atomic E-state index is 13.6. The Bertz CT molecular complexity index is 737. The van der Waals surface area contributed by atoms with Crippen LogP contribution in [0.5, 0.6) is 0 Å². The molecule has 1 aromatic rings. The molecule has 1 saturated heterocycles. The molecule has 1 fully saturated rings. The second-order valence-corrected chi connectivity index (χ2v) is 7.28. The molecule has 0 radical (unpaired) electrons. The summed E-state index contributed by atoms with van der Waals surface area (Å²) < 4.78 is 13.6. The van der Waals surface area contributed by atoms with Crippen molar-refractivity contribution in [3.05, 3.63) is 33.6 Å². The summed E-state index contributed by atoms with van der Waals surface area (Å²) in [5.74, 6) is -1.08. The molecule has 3 amide bonds. The van der Waals surface area contributed by atoms with Gasteiger partial charge in [0.15, 0.2) is 0 Å². The number of piperazine rings is 1. The number of benzene rings is 1. The zero-order valence-corrected chi connectivity index (χ0v) is 16.7. The lowest BCUT2D eigenvalue weighted by atomic mass is 10.1. The van der Waals surface area contributed by atoms with Gasteiger partial charge in [-0.25, -0.2) is 4.39 Å². The average molecular weight is 418 g/mol. The lowest BCUT2D eigenvalue weighted by Gasteiger charge is -2.34. The molecule has 1 atom stereocenters. The van der Waals surface area contributed by atoms with E-state index in [1.807, 2.05) is 0 Å². The van der Waals surface area contributed by atoms with Gasteiger partial charge in [0.25, 0.3) is 0 Å². The zero-order chi connectivity index (χ0) is 20.1. The molecule has 0 saturated carbocycles. The van der Waals surface area contributed by atoms with E-state index in [1.54, 1.807) is 16.7 Å². The highest BCUT2D eigenvalue weighted by atomic mass is 35.5. The first-order valence-electron chi connectivity index (χ1n) is 8.66. The van der Waals surface area contributed by atoms with Crippen LogP contribution in [0, 0.1) is 5.82 Å². The number of hydrogen-bond acceptors (Lipinski definition) is 3. The van der Waals surface area contributed by atoms with Crippen molar-refractivity contribution in [3.63, 3.8) is 0 Å². The van der Waals surface area contributed by atoms with Crippen molar-refractivity contribution in [2.24, 2.45) is 0 Å². The number of carbonyl (C=O) groups is 3. The van der Waals surface area contributed by atoms with Gasteiger partial charge in [0, 0.05) is 51.0 Å². The largest absolute Gasteiger partial charge is 0.350 e. The second-order valence-electron chi connectivity index (χ2n) is 6.46. The van der Waals surface area contributed by atoms with E-state index in [1.165, 1.54) is 19.1 Å². The van der Waals surface area contributed by atoms with Gasteiger partial charge < -0.3 is 15.1 Å². The van der Waals surface area contributed by atoms with Crippen LogP contribution in [0.25, 0.3) is 0 Å². The molecule has 0 aromatic heterocycles. The number of nitrogens with zero attached hydrogens (tertiary/aromatic N) is 2.